The summed E-state index contributed by atoms with van der Waals surface area (Å²) in [6, 6.07) is -0.411. The number of nitrogens with zero attached hydrogens (tertiary/aromatic N) is 3. The summed E-state index contributed by atoms with van der Waals surface area (Å²) < 4.78 is 4.87. The minimum atomic E-state index is -0.769. The standard InChI is InChI=1S/C9H13N3O3/c13-9(14)7-3-1-2-4-12(7)5-8-10-6-11-15-8/h6-7H,1-5H2,(H,13,14). The molecule has 0 saturated carbocycles. The summed E-state index contributed by atoms with van der Waals surface area (Å²) in [5, 5.41) is 12.5. The van der Waals surface area contributed by atoms with E-state index in [9.17, 15) is 4.79 Å². The smallest absolute Gasteiger partial charge is 0.320 e. The second-order valence-electron chi connectivity index (χ2n) is 3.66. The third kappa shape index (κ3) is 2.33. The maximum atomic E-state index is 11.0. The van der Waals surface area contributed by atoms with Crippen LogP contribution >= 0.6 is 0 Å². The van der Waals surface area contributed by atoms with Gasteiger partial charge in [0.05, 0.1) is 6.54 Å². The van der Waals surface area contributed by atoms with E-state index in [0.717, 1.165) is 19.4 Å². The van der Waals surface area contributed by atoms with Gasteiger partial charge in [0.2, 0.25) is 5.89 Å². The molecule has 2 rings (SSSR count). The number of hydrogen-bond donors (Lipinski definition) is 1. The second-order valence-corrected chi connectivity index (χ2v) is 3.66. The van der Waals surface area contributed by atoms with Crippen molar-refractivity contribution in [3.63, 3.8) is 0 Å². The quantitative estimate of drug-likeness (QED) is 0.784. The van der Waals surface area contributed by atoms with Crippen molar-refractivity contribution in [2.75, 3.05) is 6.54 Å². The van der Waals surface area contributed by atoms with Crippen LogP contribution in [0, 0.1) is 0 Å². The van der Waals surface area contributed by atoms with E-state index in [1.165, 1.54) is 6.33 Å². The summed E-state index contributed by atoms with van der Waals surface area (Å²) in [5.41, 5.74) is 0. The molecule has 0 aromatic carbocycles. The fourth-order valence-corrected chi connectivity index (χ4v) is 1.90. The first kappa shape index (κ1) is 10.1. The topological polar surface area (TPSA) is 79.5 Å². The van der Waals surface area contributed by atoms with Crippen molar-refractivity contribution < 1.29 is 14.4 Å². The van der Waals surface area contributed by atoms with E-state index in [2.05, 4.69) is 10.1 Å². The highest BCUT2D eigenvalue weighted by atomic mass is 16.5. The Morgan fingerprint density at radius 2 is 2.53 bits per heavy atom. The summed E-state index contributed by atoms with van der Waals surface area (Å²) in [6.45, 7) is 1.20. The van der Waals surface area contributed by atoms with Crippen molar-refractivity contribution in [3.05, 3.63) is 12.2 Å². The van der Waals surface area contributed by atoms with E-state index < -0.39 is 12.0 Å². The number of aliphatic carboxylic acids is 1. The molecule has 6 heteroatoms. The lowest BCUT2D eigenvalue weighted by Crippen LogP contribution is -2.44. The lowest BCUT2D eigenvalue weighted by molar-refractivity contribution is -0.145. The van der Waals surface area contributed by atoms with Gasteiger partial charge >= 0.3 is 5.97 Å². The molecule has 1 N–H and O–H groups in total. The molecule has 0 spiro atoms. The first-order valence-electron chi connectivity index (χ1n) is 5.00. The van der Waals surface area contributed by atoms with Gasteiger partial charge in [-0.15, -0.1) is 0 Å². The van der Waals surface area contributed by atoms with Crippen LogP contribution in [-0.2, 0) is 11.3 Å². The third-order valence-corrected chi connectivity index (χ3v) is 2.64. The van der Waals surface area contributed by atoms with Gasteiger partial charge in [0.1, 0.15) is 6.04 Å². The molecule has 1 aromatic rings. The van der Waals surface area contributed by atoms with Gasteiger partial charge < -0.3 is 9.63 Å². The minimum absolute atomic E-state index is 0.411. The van der Waals surface area contributed by atoms with E-state index >= 15 is 0 Å². The third-order valence-electron chi connectivity index (χ3n) is 2.64. The number of carbonyl (C=O) groups is 1. The summed E-state index contributed by atoms with van der Waals surface area (Å²) in [7, 11) is 0. The molecule has 0 amide bonds. The zero-order chi connectivity index (χ0) is 10.7. The van der Waals surface area contributed by atoms with Crippen LogP contribution in [0.2, 0.25) is 0 Å². The van der Waals surface area contributed by atoms with Crippen molar-refractivity contribution in [2.24, 2.45) is 0 Å². The van der Waals surface area contributed by atoms with Crippen LogP contribution in [0.1, 0.15) is 25.2 Å². The number of carboxylic acid groups (broad SMARTS) is 1. The molecule has 1 aliphatic heterocycles. The first-order valence-corrected chi connectivity index (χ1v) is 5.00. The normalized spacial score (nSPS) is 22.8. The van der Waals surface area contributed by atoms with Gasteiger partial charge in [-0.05, 0) is 19.4 Å². The van der Waals surface area contributed by atoms with Crippen LogP contribution in [0.5, 0.6) is 0 Å². The first-order chi connectivity index (χ1) is 7.27. The van der Waals surface area contributed by atoms with E-state index in [1.807, 2.05) is 4.90 Å². The number of piperidine rings is 1. The van der Waals surface area contributed by atoms with E-state index in [4.69, 9.17) is 9.63 Å². The maximum Gasteiger partial charge on any atom is 0.320 e. The molecule has 15 heavy (non-hydrogen) atoms. The lowest BCUT2D eigenvalue weighted by Gasteiger charge is -2.31. The van der Waals surface area contributed by atoms with Crippen molar-refractivity contribution in [1.29, 1.82) is 0 Å². The molecule has 1 atom stereocenters. The Morgan fingerprint density at radius 3 is 3.20 bits per heavy atom. The number of rotatable bonds is 3. The molecule has 6 nitrogen and oxygen atoms in total. The van der Waals surface area contributed by atoms with Crippen LogP contribution < -0.4 is 0 Å². The minimum Gasteiger partial charge on any atom is -0.480 e. The van der Waals surface area contributed by atoms with Crippen LogP contribution in [0.3, 0.4) is 0 Å². The molecular formula is C9H13N3O3. The molecule has 0 aliphatic carbocycles. The van der Waals surface area contributed by atoms with Crippen molar-refractivity contribution in [3.8, 4) is 0 Å². The summed E-state index contributed by atoms with van der Waals surface area (Å²) in [6.07, 6.45) is 4.02. The Hall–Kier alpha value is -1.43. The molecule has 1 aromatic heterocycles. The molecule has 0 bridgehead atoms. The highest BCUT2D eigenvalue weighted by Gasteiger charge is 2.29. The Kier molecular flexibility index (Phi) is 2.96. The monoisotopic (exact) mass is 211 g/mol. The molecule has 2 heterocycles. The number of aromatic nitrogens is 2. The van der Waals surface area contributed by atoms with Gasteiger partial charge in [-0.25, -0.2) is 0 Å². The number of hydrogen-bond acceptors (Lipinski definition) is 5. The SMILES string of the molecule is O=C(O)C1CCCCN1Cc1ncno1. The van der Waals surface area contributed by atoms with E-state index in [-0.39, 0.29) is 0 Å². The molecule has 1 aliphatic rings. The van der Waals surface area contributed by atoms with Crippen LogP contribution in [0.4, 0.5) is 0 Å². The molecule has 82 valence electrons. The highest BCUT2D eigenvalue weighted by Crippen LogP contribution is 2.18. The summed E-state index contributed by atoms with van der Waals surface area (Å²) in [5.74, 6) is -0.294. The average Bonchev–Trinajstić information content (AvgIpc) is 2.71. The van der Waals surface area contributed by atoms with Crippen LogP contribution in [0.25, 0.3) is 0 Å². The van der Waals surface area contributed by atoms with Gasteiger partial charge in [0, 0.05) is 0 Å². The largest absolute Gasteiger partial charge is 0.480 e. The number of carboxylic acids is 1. The van der Waals surface area contributed by atoms with E-state index in [0.29, 0.717) is 18.9 Å². The second kappa shape index (κ2) is 4.39. The Labute approximate surface area is 86.9 Å². The summed E-state index contributed by atoms with van der Waals surface area (Å²) >= 11 is 0. The molecule has 0 radical (unpaired) electrons. The fourth-order valence-electron chi connectivity index (χ4n) is 1.90. The average molecular weight is 211 g/mol. The van der Waals surface area contributed by atoms with Gasteiger partial charge in [-0.1, -0.05) is 11.6 Å². The zero-order valence-corrected chi connectivity index (χ0v) is 8.30. The Morgan fingerprint density at radius 1 is 1.67 bits per heavy atom. The van der Waals surface area contributed by atoms with Crippen LogP contribution in [-0.4, -0.2) is 38.7 Å². The van der Waals surface area contributed by atoms with E-state index in [1.54, 1.807) is 0 Å². The van der Waals surface area contributed by atoms with Gasteiger partial charge in [0.15, 0.2) is 6.33 Å². The van der Waals surface area contributed by atoms with Crippen molar-refractivity contribution in [2.45, 2.75) is 31.8 Å². The molecule has 1 unspecified atom stereocenters. The van der Waals surface area contributed by atoms with Crippen molar-refractivity contribution >= 4 is 5.97 Å². The maximum absolute atomic E-state index is 11.0. The lowest BCUT2D eigenvalue weighted by atomic mass is 10.0. The molecule has 1 fully saturated rings. The van der Waals surface area contributed by atoms with Gasteiger partial charge in [-0.3, -0.25) is 9.69 Å². The Bertz CT molecular complexity index is 325. The van der Waals surface area contributed by atoms with Gasteiger partial charge in [-0.2, -0.15) is 4.98 Å². The Balaban J connectivity index is 2.02. The highest BCUT2D eigenvalue weighted by molar-refractivity contribution is 5.73. The van der Waals surface area contributed by atoms with Crippen LogP contribution in [0.15, 0.2) is 10.9 Å². The summed E-state index contributed by atoms with van der Waals surface area (Å²) in [4.78, 5) is 16.8. The predicted molar refractivity (Wildman–Crippen MR) is 50.0 cm³/mol. The zero-order valence-electron chi connectivity index (χ0n) is 8.30. The molecule has 1 saturated heterocycles. The number of likely N-dealkylation sites (tertiary alicyclic amines) is 1. The van der Waals surface area contributed by atoms with Gasteiger partial charge in [0.25, 0.3) is 0 Å². The van der Waals surface area contributed by atoms with Crippen molar-refractivity contribution in [1.82, 2.24) is 15.0 Å². The molecular weight excluding hydrogens is 198 g/mol. The predicted octanol–water partition coefficient (Wildman–Crippen LogP) is 0.509. The fraction of sp³-hybridized carbons (Fsp3) is 0.667.